The van der Waals surface area contributed by atoms with E-state index in [1.54, 1.807) is 12.1 Å². The quantitative estimate of drug-likeness (QED) is 0.749. The predicted molar refractivity (Wildman–Crippen MR) is 124 cm³/mol. The molecule has 0 saturated carbocycles. The molecular weight excluding hydrogens is 437 g/mol. The van der Waals surface area contributed by atoms with E-state index in [4.69, 9.17) is 9.47 Å². The van der Waals surface area contributed by atoms with Crippen molar-refractivity contribution in [2.45, 2.75) is 37.5 Å². The van der Waals surface area contributed by atoms with Crippen molar-refractivity contribution in [2.75, 3.05) is 32.8 Å². The Morgan fingerprint density at radius 1 is 1.00 bits per heavy atom. The summed E-state index contributed by atoms with van der Waals surface area (Å²) in [6.45, 7) is 2.51. The van der Waals surface area contributed by atoms with Crippen molar-refractivity contribution in [3.63, 3.8) is 0 Å². The van der Waals surface area contributed by atoms with Gasteiger partial charge < -0.3 is 24.6 Å². The average molecular weight is 468 g/mol. The van der Waals surface area contributed by atoms with Crippen LogP contribution in [0.3, 0.4) is 0 Å². The van der Waals surface area contributed by atoms with Gasteiger partial charge in [-0.1, -0.05) is 30.3 Å². The molecule has 0 aliphatic carbocycles. The minimum Gasteiger partial charge on any atom is -0.485 e. The smallest absolute Gasteiger partial charge is 0.320 e. The van der Waals surface area contributed by atoms with Crippen LogP contribution in [0.2, 0.25) is 0 Å². The van der Waals surface area contributed by atoms with Crippen LogP contribution in [0.5, 0.6) is 5.75 Å². The summed E-state index contributed by atoms with van der Waals surface area (Å²) in [7, 11) is 0. The van der Waals surface area contributed by atoms with E-state index < -0.39 is 0 Å². The minimum absolute atomic E-state index is 0.0114. The highest BCUT2D eigenvalue weighted by molar-refractivity contribution is 5.79. The fourth-order valence-corrected chi connectivity index (χ4v) is 5.21. The maximum atomic E-state index is 13.4. The molecule has 0 radical (unpaired) electrons. The minimum atomic E-state index is -0.293. The summed E-state index contributed by atoms with van der Waals surface area (Å²) in [6, 6.07) is 16.1. The second-order valence-electron chi connectivity index (χ2n) is 9.27. The summed E-state index contributed by atoms with van der Waals surface area (Å²) >= 11 is 0. The van der Waals surface area contributed by atoms with Gasteiger partial charge in [-0.3, -0.25) is 4.79 Å². The number of carbonyl (C=O) groups is 2. The number of piperidine rings is 2. The summed E-state index contributed by atoms with van der Waals surface area (Å²) in [4.78, 5) is 28.6. The molecule has 3 saturated heterocycles. The molecule has 3 unspecified atom stereocenters. The molecule has 3 heterocycles. The zero-order chi connectivity index (χ0) is 23.5. The number of urea groups is 1. The number of halogens is 1. The van der Waals surface area contributed by atoms with E-state index in [2.05, 4.69) is 17.4 Å². The molecule has 0 bridgehead atoms. The fourth-order valence-electron chi connectivity index (χ4n) is 5.21. The molecule has 3 aliphatic heterocycles. The molecule has 0 spiro atoms. The molecule has 3 aliphatic rings. The van der Waals surface area contributed by atoms with Gasteiger partial charge in [0, 0.05) is 32.1 Å². The first kappa shape index (κ1) is 22.7. The number of nitrogens with one attached hydrogen (secondary N) is 1. The highest BCUT2D eigenvalue weighted by Crippen LogP contribution is 2.35. The molecule has 3 fully saturated rings. The number of likely N-dealkylation sites (tertiary alicyclic amines) is 2. The topological polar surface area (TPSA) is 71.1 Å². The summed E-state index contributed by atoms with van der Waals surface area (Å²) in [5, 5.41) is 2.96. The lowest BCUT2D eigenvalue weighted by molar-refractivity contribution is -0.139. The van der Waals surface area contributed by atoms with E-state index in [0.29, 0.717) is 31.9 Å². The number of amides is 3. The van der Waals surface area contributed by atoms with Gasteiger partial charge in [0.2, 0.25) is 5.91 Å². The standard InChI is InChI=1S/C26H30FN3O4/c27-20-6-8-21(9-7-20)34-25(18-4-2-1-3-5-18)19-10-13-29(14-11-19)26(32)30-15-12-23-22(16-30)28-24(31)17-33-23/h1-9,19,22-23,25H,10-17H2,(H,28,31). The monoisotopic (exact) mass is 467 g/mol. The molecule has 34 heavy (non-hydrogen) atoms. The second-order valence-corrected chi connectivity index (χ2v) is 9.27. The average Bonchev–Trinajstić information content (AvgIpc) is 2.88. The van der Waals surface area contributed by atoms with Crippen LogP contribution in [0.4, 0.5) is 9.18 Å². The highest BCUT2D eigenvalue weighted by Gasteiger charge is 2.38. The first-order valence-corrected chi connectivity index (χ1v) is 12.0. The van der Waals surface area contributed by atoms with Crippen molar-refractivity contribution in [3.8, 4) is 5.75 Å². The molecule has 0 aromatic heterocycles. The normalized spacial score (nSPS) is 24.2. The largest absolute Gasteiger partial charge is 0.485 e. The third kappa shape index (κ3) is 5.01. The van der Waals surface area contributed by atoms with Crippen LogP contribution in [-0.2, 0) is 9.53 Å². The Kier molecular flexibility index (Phi) is 6.67. The molecule has 3 atom stereocenters. The Morgan fingerprint density at radius 2 is 1.71 bits per heavy atom. The maximum Gasteiger partial charge on any atom is 0.320 e. The van der Waals surface area contributed by atoms with E-state index >= 15 is 0 Å². The van der Waals surface area contributed by atoms with E-state index in [9.17, 15) is 14.0 Å². The molecule has 5 rings (SSSR count). The zero-order valence-corrected chi connectivity index (χ0v) is 19.1. The zero-order valence-electron chi connectivity index (χ0n) is 19.1. The van der Waals surface area contributed by atoms with Crippen LogP contribution in [0.25, 0.3) is 0 Å². The predicted octanol–water partition coefficient (Wildman–Crippen LogP) is 3.37. The van der Waals surface area contributed by atoms with Crippen LogP contribution in [-0.4, -0.2) is 66.7 Å². The Labute approximate surface area is 198 Å². The number of benzene rings is 2. The second kappa shape index (κ2) is 10.0. The summed E-state index contributed by atoms with van der Waals surface area (Å²) in [6.07, 6.45) is 2.17. The SMILES string of the molecule is O=C1COC2CCN(C(=O)N3CCC(C(Oc4ccc(F)cc4)c4ccccc4)CC3)CC2N1. The molecule has 2 aromatic carbocycles. The maximum absolute atomic E-state index is 13.4. The van der Waals surface area contributed by atoms with E-state index in [1.165, 1.54) is 12.1 Å². The number of morpholine rings is 1. The van der Waals surface area contributed by atoms with Crippen molar-refractivity contribution >= 4 is 11.9 Å². The Hall–Kier alpha value is -3.13. The molecular formula is C26H30FN3O4. The van der Waals surface area contributed by atoms with Gasteiger partial charge in [0.25, 0.3) is 0 Å². The van der Waals surface area contributed by atoms with Crippen LogP contribution >= 0.6 is 0 Å². The summed E-state index contributed by atoms with van der Waals surface area (Å²) in [5.74, 6) is 0.449. The third-order valence-corrected chi connectivity index (χ3v) is 7.04. The third-order valence-electron chi connectivity index (χ3n) is 7.04. The molecule has 1 N–H and O–H groups in total. The lowest BCUT2D eigenvalue weighted by atomic mass is 9.87. The number of carbonyl (C=O) groups excluding carboxylic acids is 2. The molecule has 3 amide bonds. The summed E-state index contributed by atoms with van der Waals surface area (Å²) in [5.41, 5.74) is 1.08. The van der Waals surface area contributed by atoms with Crippen molar-refractivity contribution in [3.05, 3.63) is 66.0 Å². The molecule has 180 valence electrons. The van der Waals surface area contributed by atoms with Crippen LogP contribution < -0.4 is 10.1 Å². The van der Waals surface area contributed by atoms with Crippen molar-refractivity contribution in [2.24, 2.45) is 5.92 Å². The Bertz CT molecular complexity index is 995. The summed E-state index contributed by atoms with van der Waals surface area (Å²) < 4.78 is 25.3. The van der Waals surface area contributed by atoms with Gasteiger partial charge in [-0.25, -0.2) is 9.18 Å². The van der Waals surface area contributed by atoms with Gasteiger partial charge in [0.05, 0.1) is 12.1 Å². The van der Waals surface area contributed by atoms with Crippen molar-refractivity contribution < 1.29 is 23.5 Å². The molecule has 8 heteroatoms. The van der Waals surface area contributed by atoms with Crippen molar-refractivity contribution in [1.82, 2.24) is 15.1 Å². The fraction of sp³-hybridized carbons (Fsp3) is 0.462. The van der Waals surface area contributed by atoms with Gasteiger partial charge in [-0.05, 0) is 49.1 Å². The molecule has 2 aromatic rings. The van der Waals surface area contributed by atoms with Crippen LogP contribution in [0.15, 0.2) is 54.6 Å². The Balaban J connectivity index is 1.22. The number of nitrogens with zero attached hydrogens (tertiary/aromatic N) is 2. The van der Waals surface area contributed by atoms with E-state index in [0.717, 1.165) is 24.8 Å². The van der Waals surface area contributed by atoms with Gasteiger partial charge >= 0.3 is 6.03 Å². The van der Waals surface area contributed by atoms with Gasteiger partial charge in [0.15, 0.2) is 0 Å². The van der Waals surface area contributed by atoms with E-state index in [-0.39, 0.29) is 48.5 Å². The van der Waals surface area contributed by atoms with Gasteiger partial charge in [-0.2, -0.15) is 0 Å². The van der Waals surface area contributed by atoms with E-state index in [1.807, 2.05) is 28.0 Å². The Morgan fingerprint density at radius 3 is 2.44 bits per heavy atom. The number of rotatable bonds is 4. The van der Waals surface area contributed by atoms with Crippen LogP contribution in [0, 0.1) is 11.7 Å². The number of ether oxygens (including phenoxy) is 2. The lowest BCUT2D eigenvalue weighted by Crippen LogP contribution is -2.62. The van der Waals surface area contributed by atoms with Crippen molar-refractivity contribution in [1.29, 1.82) is 0 Å². The number of hydrogen-bond donors (Lipinski definition) is 1. The number of fused-ring (bicyclic) bond motifs is 1. The van der Waals surface area contributed by atoms with Gasteiger partial charge in [0.1, 0.15) is 24.3 Å². The number of hydrogen-bond acceptors (Lipinski definition) is 4. The van der Waals surface area contributed by atoms with Gasteiger partial charge in [-0.15, -0.1) is 0 Å². The lowest BCUT2D eigenvalue weighted by Gasteiger charge is -2.44. The first-order chi connectivity index (χ1) is 16.6. The first-order valence-electron chi connectivity index (χ1n) is 12.0. The van der Waals surface area contributed by atoms with Crippen LogP contribution in [0.1, 0.15) is 30.9 Å². The molecule has 7 nitrogen and oxygen atoms in total. The highest BCUT2D eigenvalue weighted by atomic mass is 19.1.